The Morgan fingerprint density at radius 3 is 2.45 bits per heavy atom. The number of ether oxygens (including phenoxy) is 1. The van der Waals surface area contributed by atoms with Gasteiger partial charge in [-0.25, -0.2) is 17.8 Å². The number of carbonyl (C=O) groups excluding carboxylic acids is 1. The fraction of sp³-hybridized carbons (Fsp3) is 0.440. The first-order chi connectivity index (χ1) is 18.9. The lowest BCUT2D eigenvalue weighted by molar-refractivity contribution is -0.137. The van der Waals surface area contributed by atoms with E-state index >= 15 is 4.39 Å². The van der Waals surface area contributed by atoms with E-state index < -0.39 is 50.2 Å². The first-order valence-corrected chi connectivity index (χ1v) is 14.6. The van der Waals surface area contributed by atoms with Crippen LogP contribution in [0.1, 0.15) is 30.5 Å². The van der Waals surface area contributed by atoms with Crippen LogP contribution in [0.15, 0.2) is 30.5 Å². The number of pyridine rings is 1. The van der Waals surface area contributed by atoms with Gasteiger partial charge in [-0.15, -0.1) is 0 Å². The standard InChI is InChI=1S/C25H23F4N5O4S2/c26-17-14-16(2-3-20(17)38-11-8-32-9-12-40(36,37)13-10-32)34-23(39)33(22(35)24(34)5-1-6-24)19-4-7-31-18(15-30)21(19)25(27,28)29/h2-4,7,14H,1,5-6,8-13H2. The van der Waals surface area contributed by atoms with Crippen LogP contribution in [0, 0.1) is 17.1 Å². The van der Waals surface area contributed by atoms with Gasteiger partial charge in [-0.2, -0.15) is 18.4 Å². The van der Waals surface area contributed by atoms with Crippen LogP contribution >= 0.6 is 12.2 Å². The highest BCUT2D eigenvalue weighted by Gasteiger charge is 2.60. The van der Waals surface area contributed by atoms with Crippen LogP contribution in [0.2, 0.25) is 0 Å². The van der Waals surface area contributed by atoms with Gasteiger partial charge < -0.3 is 9.64 Å². The fourth-order valence-electron chi connectivity index (χ4n) is 5.20. The quantitative estimate of drug-likeness (QED) is 0.366. The first kappa shape index (κ1) is 28.2. The summed E-state index contributed by atoms with van der Waals surface area (Å²) >= 11 is 5.51. The lowest BCUT2D eigenvalue weighted by Gasteiger charge is -2.43. The smallest absolute Gasteiger partial charge is 0.421 e. The van der Waals surface area contributed by atoms with Gasteiger partial charge >= 0.3 is 6.18 Å². The molecule has 1 spiro atoms. The SMILES string of the molecule is N#Cc1nccc(N2C(=O)C3(CCC3)N(c3ccc(OCCN4CCS(=O)(=O)CC4)c(F)c3)C2=S)c1C(F)(F)F. The third-order valence-corrected chi connectivity index (χ3v) is 9.40. The molecule has 0 radical (unpaired) electrons. The van der Waals surface area contributed by atoms with E-state index in [2.05, 4.69) is 4.98 Å². The second kappa shape index (κ2) is 10.2. The summed E-state index contributed by atoms with van der Waals surface area (Å²) in [7, 11) is -3.02. The maximum absolute atomic E-state index is 15.1. The third-order valence-electron chi connectivity index (χ3n) is 7.43. The number of aromatic nitrogens is 1. The highest BCUT2D eigenvalue weighted by atomic mass is 32.2. The Balaban J connectivity index is 1.39. The molecule has 15 heteroatoms. The molecule has 1 aromatic carbocycles. The number of hydrogen-bond acceptors (Lipinski definition) is 8. The molecule has 0 atom stereocenters. The maximum atomic E-state index is 15.1. The summed E-state index contributed by atoms with van der Waals surface area (Å²) in [5.41, 5.74) is -3.96. The Hall–Kier alpha value is -3.35. The topological polar surface area (TPSA) is 107 Å². The molecule has 40 heavy (non-hydrogen) atoms. The van der Waals surface area contributed by atoms with Crippen molar-refractivity contribution < 1.29 is 35.5 Å². The van der Waals surface area contributed by atoms with Gasteiger partial charge in [0.1, 0.15) is 23.8 Å². The van der Waals surface area contributed by atoms with Crippen LogP contribution in [0.3, 0.4) is 0 Å². The van der Waals surface area contributed by atoms with E-state index in [0.29, 0.717) is 38.9 Å². The molecule has 2 saturated heterocycles. The van der Waals surface area contributed by atoms with Crippen LogP contribution in [-0.4, -0.2) is 72.6 Å². The van der Waals surface area contributed by atoms with Gasteiger partial charge in [0.2, 0.25) is 0 Å². The van der Waals surface area contributed by atoms with Crippen LogP contribution in [0.4, 0.5) is 28.9 Å². The molecular weight excluding hydrogens is 574 g/mol. The molecule has 3 fully saturated rings. The summed E-state index contributed by atoms with van der Waals surface area (Å²) in [6.07, 6.45) is -2.77. The molecule has 5 rings (SSSR count). The van der Waals surface area contributed by atoms with Crippen molar-refractivity contribution in [3.63, 3.8) is 0 Å². The van der Waals surface area contributed by atoms with E-state index in [1.807, 2.05) is 4.90 Å². The number of halogens is 4. The number of hydrogen-bond donors (Lipinski definition) is 0. The zero-order chi connectivity index (χ0) is 28.9. The largest absolute Gasteiger partial charge is 0.489 e. The summed E-state index contributed by atoms with van der Waals surface area (Å²) < 4.78 is 85.8. The second-order valence-corrected chi connectivity index (χ2v) is 12.4. The van der Waals surface area contributed by atoms with Crippen molar-refractivity contribution >= 4 is 44.4 Å². The molecule has 0 unspecified atom stereocenters. The lowest BCUT2D eigenvalue weighted by Crippen LogP contribution is -2.55. The van der Waals surface area contributed by atoms with Crippen molar-refractivity contribution in [2.75, 3.05) is 47.5 Å². The van der Waals surface area contributed by atoms with E-state index in [0.717, 1.165) is 23.2 Å². The third kappa shape index (κ3) is 4.88. The number of anilines is 2. The average Bonchev–Trinajstić information content (AvgIpc) is 3.11. The van der Waals surface area contributed by atoms with Gasteiger partial charge in [-0.05, 0) is 49.7 Å². The zero-order valence-corrected chi connectivity index (χ0v) is 22.6. The summed E-state index contributed by atoms with van der Waals surface area (Å²) in [6.45, 7) is 1.25. The van der Waals surface area contributed by atoms with Gasteiger partial charge in [0.05, 0.1) is 17.2 Å². The van der Waals surface area contributed by atoms with Gasteiger partial charge in [-0.3, -0.25) is 14.6 Å². The molecule has 0 N–H and O–H groups in total. The van der Waals surface area contributed by atoms with Gasteiger partial charge in [0.15, 0.2) is 32.2 Å². The Kier molecular flexibility index (Phi) is 7.22. The Labute approximate surface area is 232 Å². The predicted octanol–water partition coefficient (Wildman–Crippen LogP) is 3.28. The normalized spacial score (nSPS) is 20.5. The van der Waals surface area contributed by atoms with E-state index in [1.165, 1.54) is 23.1 Å². The summed E-state index contributed by atoms with van der Waals surface area (Å²) in [5.74, 6) is -1.39. The van der Waals surface area contributed by atoms with Crippen LogP contribution in [0.5, 0.6) is 5.75 Å². The van der Waals surface area contributed by atoms with Crippen molar-refractivity contribution in [3.8, 4) is 11.8 Å². The number of nitriles is 1. The molecule has 9 nitrogen and oxygen atoms in total. The minimum atomic E-state index is -4.99. The molecule has 2 aromatic rings. The van der Waals surface area contributed by atoms with Crippen LogP contribution in [0.25, 0.3) is 0 Å². The number of sulfone groups is 1. The van der Waals surface area contributed by atoms with Crippen LogP contribution < -0.4 is 14.5 Å². The van der Waals surface area contributed by atoms with E-state index in [9.17, 15) is 31.6 Å². The molecule has 3 aliphatic rings. The van der Waals surface area contributed by atoms with Crippen molar-refractivity contribution in [2.24, 2.45) is 0 Å². The van der Waals surface area contributed by atoms with E-state index in [1.54, 1.807) is 0 Å². The lowest BCUT2D eigenvalue weighted by atomic mass is 9.75. The minimum absolute atomic E-state index is 0.0606. The molecule has 0 bridgehead atoms. The van der Waals surface area contributed by atoms with Gasteiger partial charge in [-0.1, -0.05) is 0 Å². The summed E-state index contributed by atoms with van der Waals surface area (Å²) in [6, 6.07) is 6.36. The number of carbonyl (C=O) groups is 1. The number of benzene rings is 1. The zero-order valence-electron chi connectivity index (χ0n) is 20.9. The molecule has 1 amide bonds. The fourth-order valence-corrected chi connectivity index (χ4v) is 6.94. The van der Waals surface area contributed by atoms with Gasteiger partial charge in [0.25, 0.3) is 5.91 Å². The van der Waals surface area contributed by atoms with Crippen molar-refractivity contribution in [1.82, 2.24) is 9.88 Å². The highest BCUT2D eigenvalue weighted by Crippen LogP contribution is 2.50. The van der Waals surface area contributed by atoms with Crippen molar-refractivity contribution in [1.29, 1.82) is 5.26 Å². The molecule has 1 aromatic heterocycles. The van der Waals surface area contributed by atoms with E-state index in [4.69, 9.17) is 17.0 Å². The van der Waals surface area contributed by atoms with Crippen molar-refractivity contribution in [2.45, 2.75) is 31.0 Å². The molecule has 3 heterocycles. The summed E-state index contributed by atoms with van der Waals surface area (Å²) in [4.78, 5) is 21.2. The molecule has 2 aliphatic heterocycles. The summed E-state index contributed by atoms with van der Waals surface area (Å²) in [5, 5.41) is 8.98. The number of alkyl halides is 3. The monoisotopic (exact) mass is 597 g/mol. The first-order valence-electron chi connectivity index (χ1n) is 12.4. The Bertz CT molecular complexity index is 1510. The molecule has 1 saturated carbocycles. The number of rotatable bonds is 6. The predicted molar refractivity (Wildman–Crippen MR) is 140 cm³/mol. The number of amides is 1. The maximum Gasteiger partial charge on any atom is 0.421 e. The molecule has 212 valence electrons. The minimum Gasteiger partial charge on any atom is -0.489 e. The highest BCUT2D eigenvalue weighted by molar-refractivity contribution is 7.91. The van der Waals surface area contributed by atoms with Gasteiger partial charge in [0, 0.05) is 37.6 Å². The number of nitrogens with zero attached hydrogens (tertiary/aromatic N) is 5. The molecule has 1 aliphatic carbocycles. The second-order valence-electron chi connectivity index (χ2n) is 9.76. The average molecular weight is 598 g/mol. The Morgan fingerprint density at radius 2 is 1.88 bits per heavy atom. The number of thiocarbonyl (C=S) groups is 1. The van der Waals surface area contributed by atoms with Crippen LogP contribution in [-0.2, 0) is 20.8 Å². The Morgan fingerprint density at radius 1 is 1.18 bits per heavy atom. The molecular formula is C25H23F4N5O4S2. The van der Waals surface area contributed by atoms with E-state index in [-0.39, 0.29) is 34.7 Å². The van der Waals surface area contributed by atoms with Crippen molar-refractivity contribution in [3.05, 3.63) is 47.5 Å².